The summed E-state index contributed by atoms with van der Waals surface area (Å²) in [7, 11) is 0. The highest BCUT2D eigenvalue weighted by Crippen LogP contribution is 2.44. The van der Waals surface area contributed by atoms with Crippen LogP contribution in [-0.4, -0.2) is 39.9 Å². The third-order valence-corrected chi connectivity index (χ3v) is 4.07. The Morgan fingerprint density at radius 1 is 1.10 bits per heavy atom. The highest BCUT2D eigenvalue weighted by Gasteiger charge is 2.61. The van der Waals surface area contributed by atoms with Gasteiger partial charge in [-0.05, 0) is 12.1 Å². The van der Waals surface area contributed by atoms with Crippen LogP contribution in [0.4, 0.5) is 0 Å². The summed E-state index contributed by atoms with van der Waals surface area (Å²) < 4.78 is 5.52. The highest BCUT2D eigenvalue weighted by atomic mass is 16.5. The number of nitrogens with zero attached hydrogens (tertiary/aromatic N) is 2. The fraction of sp³-hybridized carbons (Fsp3) is 0.286. The lowest BCUT2D eigenvalue weighted by atomic mass is 9.85. The zero-order valence-corrected chi connectivity index (χ0v) is 10.8. The number of nitrogens with one attached hydrogen (secondary N) is 1. The molecular formula is C14H11N3O4. The molecule has 3 amide bonds. The van der Waals surface area contributed by atoms with Gasteiger partial charge >= 0.3 is 0 Å². The number of hydrazine groups is 1. The van der Waals surface area contributed by atoms with Crippen molar-refractivity contribution in [2.75, 3.05) is 0 Å². The summed E-state index contributed by atoms with van der Waals surface area (Å²) in [5.41, 5.74) is 2.71. The molecule has 0 radical (unpaired) electrons. The maximum absolute atomic E-state index is 12.3. The Hall–Kier alpha value is -2.54. The minimum absolute atomic E-state index is 0.333. The number of carbonyl (C=O) groups is 3. The molecule has 0 spiro atoms. The zero-order valence-electron chi connectivity index (χ0n) is 10.8. The minimum atomic E-state index is -0.523. The predicted octanol–water partition coefficient (Wildman–Crippen LogP) is -0.335. The first-order chi connectivity index (χ1) is 10.2. The van der Waals surface area contributed by atoms with Crippen molar-refractivity contribution in [1.82, 2.24) is 15.4 Å². The monoisotopic (exact) mass is 285 g/mol. The molecule has 3 aliphatic heterocycles. The quantitative estimate of drug-likeness (QED) is 0.593. The molecule has 1 aromatic rings. The van der Waals surface area contributed by atoms with Gasteiger partial charge in [0.1, 0.15) is 0 Å². The number of fused-ring (bicyclic) bond motifs is 5. The molecule has 4 atom stereocenters. The van der Waals surface area contributed by atoms with Gasteiger partial charge in [-0.3, -0.25) is 24.8 Å². The zero-order chi connectivity index (χ0) is 14.6. The first-order valence-electron chi connectivity index (χ1n) is 6.59. The molecule has 7 heteroatoms. The van der Waals surface area contributed by atoms with Crippen molar-refractivity contribution in [2.45, 2.75) is 12.2 Å². The second-order valence-electron chi connectivity index (χ2n) is 5.19. The van der Waals surface area contributed by atoms with E-state index in [-0.39, 0.29) is 12.2 Å². The topological polar surface area (TPSA) is 88.6 Å². The van der Waals surface area contributed by atoms with Crippen molar-refractivity contribution in [3.63, 3.8) is 0 Å². The van der Waals surface area contributed by atoms with Gasteiger partial charge in [-0.2, -0.15) is 5.01 Å². The Morgan fingerprint density at radius 2 is 1.67 bits per heavy atom. The van der Waals surface area contributed by atoms with Gasteiger partial charge in [0.2, 0.25) is 0 Å². The number of rotatable bonds is 2. The number of ether oxygens (including phenoxy) is 1. The Balaban J connectivity index is 1.56. The summed E-state index contributed by atoms with van der Waals surface area (Å²) in [4.78, 5) is 40.5. The van der Waals surface area contributed by atoms with E-state index in [1.54, 1.807) is 12.2 Å². The van der Waals surface area contributed by atoms with Crippen LogP contribution in [0, 0.1) is 11.8 Å². The molecule has 21 heavy (non-hydrogen) atoms. The molecule has 0 unspecified atom stereocenters. The van der Waals surface area contributed by atoms with Gasteiger partial charge in [-0.25, -0.2) is 0 Å². The molecule has 1 aromatic heterocycles. The second kappa shape index (κ2) is 4.23. The lowest BCUT2D eigenvalue weighted by Gasteiger charge is -2.18. The van der Waals surface area contributed by atoms with Crippen molar-refractivity contribution in [3.05, 3.63) is 42.2 Å². The Labute approximate surface area is 119 Å². The van der Waals surface area contributed by atoms with Crippen LogP contribution in [0.2, 0.25) is 0 Å². The van der Waals surface area contributed by atoms with Crippen LogP contribution in [-0.2, 0) is 14.3 Å². The van der Waals surface area contributed by atoms with E-state index >= 15 is 0 Å². The molecule has 2 fully saturated rings. The first-order valence-corrected chi connectivity index (χ1v) is 6.59. The number of hydrogen-bond donors (Lipinski definition) is 1. The maximum atomic E-state index is 12.3. The van der Waals surface area contributed by atoms with Crippen molar-refractivity contribution in [2.24, 2.45) is 11.8 Å². The van der Waals surface area contributed by atoms with Crippen LogP contribution < -0.4 is 5.43 Å². The number of carbonyl (C=O) groups excluding carboxylic acids is 3. The van der Waals surface area contributed by atoms with E-state index in [1.807, 2.05) is 0 Å². The van der Waals surface area contributed by atoms with Crippen LogP contribution in [0.15, 0.2) is 36.7 Å². The maximum Gasteiger partial charge on any atom is 0.270 e. The molecular weight excluding hydrogens is 274 g/mol. The Kier molecular flexibility index (Phi) is 2.46. The van der Waals surface area contributed by atoms with E-state index in [9.17, 15) is 14.4 Å². The molecule has 4 heterocycles. The van der Waals surface area contributed by atoms with Gasteiger partial charge in [0.05, 0.1) is 24.0 Å². The van der Waals surface area contributed by atoms with E-state index in [4.69, 9.17) is 4.74 Å². The average molecular weight is 285 g/mol. The van der Waals surface area contributed by atoms with Gasteiger partial charge in [0.25, 0.3) is 17.7 Å². The normalized spacial score (nSPS) is 32.7. The van der Waals surface area contributed by atoms with Gasteiger partial charge in [0, 0.05) is 18.0 Å². The number of imide groups is 1. The third-order valence-electron chi connectivity index (χ3n) is 4.07. The molecule has 7 nitrogen and oxygen atoms in total. The molecule has 4 rings (SSSR count). The molecule has 106 valence electrons. The van der Waals surface area contributed by atoms with E-state index in [0.717, 1.165) is 5.01 Å². The SMILES string of the molecule is O=C(NN1C(=O)[C@@H]2[C@H](C1=O)[C@H]1C=C[C@H]2O1)c1ccncc1. The fourth-order valence-corrected chi connectivity index (χ4v) is 3.08. The van der Waals surface area contributed by atoms with E-state index < -0.39 is 29.6 Å². The molecule has 0 saturated carbocycles. The van der Waals surface area contributed by atoms with E-state index in [2.05, 4.69) is 10.4 Å². The molecule has 3 aliphatic rings. The summed E-state index contributed by atoms with van der Waals surface area (Å²) in [5.74, 6) is -2.38. The predicted molar refractivity (Wildman–Crippen MR) is 68.3 cm³/mol. The first kappa shape index (κ1) is 12.2. The van der Waals surface area contributed by atoms with Gasteiger partial charge in [-0.1, -0.05) is 12.2 Å². The van der Waals surface area contributed by atoms with Gasteiger partial charge in [-0.15, -0.1) is 0 Å². The van der Waals surface area contributed by atoms with Gasteiger partial charge < -0.3 is 4.74 Å². The number of aromatic nitrogens is 1. The molecule has 1 N–H and O–H groups in total. The van der Waals surface area contributed by atoms with Crippen molar-refractivity contribution in [3.8, 4) is 0 Å². The second-order valence-corrected chi connectivity index (χ2v) is 5.19. The number of pyridine rings is 1. The third kappa shape index (κ3) is 1.64. The fourth-order valence-electron chi connectivity index (χ4n) is 3.08. The summed E-state index contributed by atoms with van der Waals surface area (Å²) in [6.07, 6.45) is 5.81. The average Bonchev–Trinajstić information content (AvgIpc) is 3.18. The Morgan fingerprint density at radius 3 is 2.24 bits per heavy atom. The number of amides is 3. The highest BCUT2D eigenvalue weighted by molar-refractivity contribution is 6.09. The summed E-state index contributed by atoms with van der Waals surface area (Å²) in [6, 6.07) is 3.02. The van der Waals surface area contributed by atoms with Crippen LogP contribution in [0.5, 0.6) is 0 Å². The number of hydrogen-bond acceptors (Lipinski definition) is 5. The largest absolute Gasteiger partial charge is 0.365 e. The van der Waals surface area contributed by atoms with Crippen LogP contribution in [0.1, 0.15) is 10.4 Å². The summed E-state index contributed by atoms with van der Waals surface area (Å²) >= 11 is 0. The van der Waals surface area contributed by atoms with E-state index in [1.165, 1.54) is 24.5 Å². The lowest BCUT2D eigenvalue weighted by molar-refractivity contribution is -0.145. The molecule has 2 bridgehead atoms. The van der Waals surface area contributed by atoms with Crippen molar-refractivity contribution >= 4 is 17.7 Å². The Bertz CT molecular complexity index is 642. The lowest BCUT2D eigenvalue weighted by Crippen LogP contribution is -2.47. The van der Waals surface area contributed by atoms with Gasteiger partial charge in [0.15, 0.2) is 0 Å². The smallest absolute Gasteiger partial charge is 0.270 e. The molecule has 2 saturated heterocycles. The molecule has 0 aromatic carbocycles. The van der Waals surface area contributed by atoms with Crippen LogP contribution in [0.25, 0.3) is 0 Å². The van der Waals surface area contributed by atoms with E-state index in [0.29, 0.717) is 5.56 Å². The minimum Gasteiger partial charge on any atom is -0.365 e. The van der Waals surface area contributed by atoms with Crippen LogP contribution >= 0.6 is 0 Å². The standard InChI is InChI=1S/C14H11N3O4/c18-12(7-3-5-15-6-4-7)16-17-13(19)10-8-1-2-9(21-8)11(10)14(17)20/h1-6,8-11H,(H,16,18)/t8-,9-,10-,11+/m1/s1. The summed E-state index contributed by atoms with van der Waals surface area (Å²) in [6.45, 7) is 0. The molecule has 0 aliphatic carbocycles. The summed E-state index contributed by atoms with van der Waals surface area (Å²) in [5, 5.41) is 0.827. The van der Waals surface area contributed by atoms with Crippen molar-refractivity contribution in [1.29, 1.82) is 0 Å². The van der Waals surface area contributed by atoms with Crippen LogP contribution in [0.3, 0.4) is 0 Å². The van der Waals surface area contributed by atoms with Crippen molar-refractivity contribution < 1.29 is 19.1 Å².